The van der Waals surface area contributed by atoms with Gasteiger partial charge in [-0.1, -0.05) is 0 Å². The van der Waals surface area contributed by atoms with Crippen molar-refractivity contribution in [1.82, 2.24) is 10.3 Å². The molecular formula is C12H19N3O2S. The summed E-state index contributed by atoms with van der Waals surface area (Å²) < 4.78 is 5.24. The van der Waals surface area contributed by atoms with E-state index in [0.29, 0.717) is 26.1 Å². The molecule has 2 rings (SSSR count). The predicted molar refractivity (Wildman–Crippen MR) is 70.4 cm³/mol. The Morgan fingerprint density at radius 3 is 2.83 bits per heavy atom. The van der Waals surface area contributed by atoms with Crippen LogP contribution in [0.4, 0.5) is 0 Å². The minimum Gasteiger partial charge on any atom is -0.381 e. The zero-order valence-corrected chi connectivity index (χ0v) is 11.5. The molecule has 5 nitrogen and oxygen atoms in total. The fraction of sp³-hybridized carbons (Fsp3) is 0.667. The maximum atomic E-state index is 12.2. The summed E-state index contributed by atoms with van der Waals surface area (Å²) in [4.78, 5) is 17.6. The van der Waals surface area contributed by atoms with Gasteiger partial charge >= 0.3 is 0 Å². The van der Waals surface area contributed by atoms with Crippen molar-refractivity contribution in [3.8, 4) is 0 Å². The highest BCUT2D eigenvalue weighted by molar-refractivity contribution is 7.11. The highest BCUT2D eigenvalue weighted by Crippen LogP contribution is 2.22. The summed E-state index contributed by atoms with van der Waals surface area (Å²) in [5.74, 6) is -0.105. The Morgan fingerprint density at radius 1 is 1.61 bits per heavy atom. The number of hydrogen-bond acceptors (Lipinski definition) is 5. The zero-order valence-electron chi connectivity index (χ0n) is 10.7. The van der Waals surface area contributed by atoms with Crippen LogP contribution in [0.25, 0.3) is 0 Å². The fourth-order valence-corrected chi connectivity index (χ4v) is 2.71. The average Bonchev–Trinajstić information content (AvgIpc) is 2.77. The molecule has 1 saturated heterocycles. The van der Waals surface area contributed by atoms with Gasteiger partial charge in [-0.05, 0) is 26.7 Å². The van der Waals surface area contributed by atoms with Crippen LogP contribution in [0.2, 0.25) is 0 Å². The van der Waals surface area contributed by atoms with Crippen LogP contribution < -0.4 is 11.1 Å². The van der Waals surface area contributed by atoms with Crippen molar-refractivity contribution >= 4 is 17.2 Å². The molecule has 1 aliphatic heterocycles. The molecule has 1 amide bonds. The van der Waals surface area contributed by atoms with Crippen LogP contribution in [-0.4, -0.2) is 29.6 Å². The van der Waals surface area contributed by atoms with Gasteiger partial charge in [0.1, 0.15) is 5.01 Å². The van der Waals surface area contributed by atoms with E-state index in [2.05, 4.69) is 10.3 Å². The number of thiazole rings is 1. The normalized spacial score (nSPS) is 20.4. The lowest BCUT2D eigenvalue weighted by molar-refractivity contribution is -0.130. The second-order valence-electron chi connectivity index (χ2n) is 4.77. The number of aryl methyl sites for hydroxylation is 1. The standard InChI is InChI=1S/C12H19N3O2S/c1-8-7-14-10(18-8)9(2)15-11(16)12(13)3-5-17-6-4-12/h7,9H,3-6,13H2,1-2H3,(H,15,16). The van der Waals surface area contributed by atoms with Gasteiger partial charge in [0.15, 0.2) is 0 Å². The highest BCUT2D eigenvalue weighted by Gasteiger charge is 2.36. The Kier molecular flexibility index (Phi) is 3.99. The quantitative estimate of drug-likeness (QED) is 0.862. The lowest BCUT2D eigenvalue weighted by Crippen LogP contribution is -2.57. The SMILES string of the molecule is Cc1cnc(C(C)NC(=O)C2(N)CCOCC2)s1. The summed E-state index contributed by atoms with van der Waals surface area (Å²) in [6.45, 7) is 5.03. The molecule has 0 radical (unpaired) electrons. The van der Waals surface area contributed by atoms with Gasteiger partial charge in [0.05, 0.1) is 11.6 Å². The molecule has 2 heterocycles. The number of nitrogens with zero attached hydrogens (tertiary/aromatic N) is 1. The van der Waals surface area contributed by atoms with Crippen LogP contribution in [0.15, 0.2) is 6.20 Å². The fourth-order valence-electron chi connectivity index (χ4n) is 1.94. The van der Waals surface area contributed by atoms with Crippen LogP contribution >= 0.6 is 11.3 Å². The van der Waals surface area contributed by atoms with E-state index in [0.717, 1.165) is 9.88 Å². The maximum Gasteiger partial charge on any atom is 0.240 e. The van der Waals surface area contributed by atoms with Crippen LogP contribution in [0.3, 0.4) is 0 Å². The Bertz CT molecular complexity index is 427. The Labute approximate surface area is 111 Å². The van der Waals surface area contributed by atoms with E-state index in [1.165, 1.54) is 0 Å². The van der Waals surface area contributed by atoms with Gasteiger partial charge in [0, 0.05) is 24.3 Å². The molecule has 1 atom stereocenters. The van der Waals surface area contributed by atoms with Gasteiger partial charge in [0.2, 0.25) is 5.91 Å². The summed E-state index contributed by atoms with van der Waals surface area (Å²) in [5.41, 5.74) is 5.33. The van der Waals surface area contributed by atoms with Crippen molar-refractivity contribution in [3.05, 3.63) is 16.1 Å². The molecule has 0 aliphatic carbocycles. The number of amides is 1. The van der Waals surface area contributed by atoms with Crippen molar-refractivity contribution in [3.63, 3.8) is 0 Å². The summed E-state index contributed by atoms with van der Waals surface area (Å²) in [6, 6.07) is -0.0977. The summed E-state index contributed by atoms with van der Waals surface area (Å²) >= 11 is 1.59. The molecule has 6 heteroatoms. The second-order valence-corrected chi connectivity index (χ2v) is 6.04. The van der Waals surface area contributed by atoms with Gasteiger partial charge in [-0.25, -0.2) is 4.98 Å². The van der Waals surface area contributed by atoms with E-state index < -0.39 is 5.54 Å². The molecular weight excluding hydrogens is 250 g/mol. The number of carbonyl (C=O) groups excluding carboxylic acids is 1. The van der Waals surface area contributed by atoms with Crippen LogP contribution in [-0.2, 0) is 9.53 Å². The molecule has 0 aromatic carbocycles. The first-order valence-corrected chi connectivity index (χ1v) is 6.93. The lowest BCUT2D eigenvalue weighted by Gasteiger charge is -2.32. The lowest BCUT2D eigenvalue weighted by atomic mass is 9.90. The Hall–Kier alpha value is -0.980. The molecule has 1 unspecified atom stereocenters. The maximum absolute atomic E-state index is 12.2. The van der Waals surface area contributed by atoms with E-state index in [1.54, 1.807) is 11.3 Å². The topological polar surface area (TPSA) is 77.2 Å². The molecule has 1 aromatic heterocycles. The van der Waals surface area contributed by atoms with Crippen molar-refractivity contribution in [2.75, 3.05) is 13.2 Å². The van der Waals surface area contributed by atoms with Crippen LogP contribution in [0.5, 0.6) is 0 Å². The van der Waals surface area contributed by atoms with Crippen molar-refractivity contribution in [1.29, 1.82) is 0 Å². The first-order valence-electron chi connectivity index (χ1n) is 6.11. The number of carbonyl (C=O) groups is 1. The Morgan fingerprint density at radius 2 is 2.28 bits per heavy atom. The molecule has 3 N–H and O–H groups in total. The zero-order chi connectivity index (χ0) is 13.2. The average molecular weight is 269 g/mol. The monoisotopic (exact) mass is 269 g/mol. The molecule has 1 aromatic rings. The first kappa shape index (κ1) is 13.5. The molecule has 0 bridgehead atoms. The first-order chi connectivity index (χ1) is 8.51. The minimum absolute atomic E-state index is 0.0977. The van der Waals surface area contributed by atoms with Crippen LogP contribution in [0, 0.1) is 6.92 Å². The van der Waals surface area contributed by atoms with Gasteiger partial charge in [0.25, 0.3) is 0 Å². The highest BCUT2D eigenvalue weighted by atomic mass is 32.1. The van der Waals surface area contributed by atoms with Crippen molar-refractivity contribution in [2.24, 2.45) is 5.73 Å². The second kappa shape index (κ2) is 5.34. The van der Waals surface area contributed by atoms with E-state index >= 15 is 0 Å². The van der Waals surface area contributed by atoms with Gasteiger partial charge in [-0.3, -0.25) is 4.79 Å². The smallest absolute Gasteiger partial charge is 0.240 e. The molecule has 0 saturated carbocycles. The Balaban J connectivity index is 1.98. The predicted octanol–water partition coefficient (Wildman–Crippen LogP) is 1.14. The van der Waals surface area contributed by atoms with Crippen LogP contribution in [0.1, 0.15) is 35.7 Å². The third kappa shape index (κ3) is 2.88. The summed E-state index contributed by atoms with van der Waals surface area (Å²) in [7, 11) is 0. The van der Waals surface area contributed by atoms with Gasteiger partial charge in [-0.2, -0.15) is 0 Å². The number of nitrogens with one attached hydrogen (secondary N) is 1. The number of rotatable bonds is 3. The number of ether oxygens (including phenoxy) is 1. The van der Waals surface area contributed by atoms with E-state index in [9.17, 15) is 4.79 Å². The summed E-state index contributed by atoms with van der Waals surface area (Å²) in [6.07, 6.45) is 2.96. The molecule has 0 spiro atoms. The minimum atomic E-state index is -0.793. The summed E-state index contributed by atoms with van der Waals surface area (Å²) in [5, 5.41) is 3.86. The van der Waals surface area contributed by atoms with E-state index in [4.69, 9.17) is 10.5 Å². The number of aromatic nitrogens is 1. The van der Waals surface area contributed by atoms with E-state index in [1.807, 2.05) is 20.0 Å². The third-order valence-electron chi connectivity index (χ3n) is 3.19. The third-order valence-corrected chi connectivity index (χ3v) is 4.29. The number of nitrogens with two attached hydrogens (primary N) is 1. The molecule has 1 aliphatic rings. The number of hydrogen-bond donors (Lipinski definition) is 2. The molecule has 100 valence electrons. The van der Waals surface area contributed by atoms with E-state index in [-0.39, 0.29) is 11.9 Å². The van der Waals surface area contributed by atoms with Crippen molar-refractivity contribution in [2.45, 2.75) is 38.3 Å². The largest absolute Gasteiger partial charge is 0.381 e. The van der Waals surface area contributed by atoms with Crippen molar-refractivity contribution < 1.29 is 9.53 Å². The molecule has 18 heavy (non-hydrogen) atoms. The molecule has 1 fully saturated rings. The van der Waals surface area contributed by atoms with Gasteiger partial charge in [-0.15, -0.1) is 11.3 Å². The van der Waals surface area contributed by atoms with Gasteiger partial charge < -0.3 is 15.8 Å².